The molecule has 0 aromatic heterocycles. The van der Waals surface area contributed by atoms with Crippen LogP contribution in [0.25, 0.3) is 0 Å². The number of halogens is 1. The van der Waals surface area contributed by atoms with Crippen molar-refractivity contribution in [1.29, 1.82) is 0 Å². The summed E-state index contributed by atoms with van der Waals surface area (Å²) in [5, 5.41) is 9.56. The van der Waals surface area contributed by atoms with E-state index in [2.05, 4.69) is 35.0 Å². The van der Waals surface area contributed by atoms with Crippen LogP contribution in [0.15, 0.2) is 34.0 Å². The fourth-order valence-corrected chi connectivity index (χ4v) is 3.81. The van der Waals surface area contributed by atoms with Crippen molar-refractivity contribution in [3.8, 4) is 0 Å². The van der Waals surface area contributed by atoms with E-state index in [9.17, 15) is 5.11 Å². The minimum Gasteiger partial charge on any atom is -0.507 e. The highest BCUT2D eigenvalue weighted by Crippen LogP contribution is 2.34. The predicted octanol–water partition coefficient (Wildman–Crippen LogP) is 6.42. The third kappa shape index (κ3) is 4.80. The van der Waals surface area contributed by atoms with Crippen LogP contribution in [-0.2, 0) is 0 Å². The molecule has 0 saturated heterocycles. The summed E-state index contributed by atoms with van der Waals surface area (Å²) in [5.74, 6) is 2.10. The van der Waals surface area contributed by atoms with Gasteiger partial charge < -0.3 is 5.11 Å². The van der Waals surface area contributed by atoms with Gasteiger partial charge in [-0.2, -0.15) is 0 Å². The molecule has 0 amide bonds. The van der Waals surface area contributed by atoms with E-state index < -0.39 is 0 Å². The normalized spacial score (nSPS) is 29.2. The van der Waals surface area contributed by atoms with Crippen molar-refractivity contribution in [2.45, 2.75) is 64.7 Å². The standard InChI is InChI=1S/C18H27BrO/c1-2-3-4-5-14-6-8-15(9-7-14)12-16-10-11-18(20)17(19)13-16/h11-15,20H,2-10H2,1H3/t14-,15-. The Balaban J connectivity index is 1.77. The Hall–Kier alpha value is -0.500. The largest absolute Gasteiger partial charge is 0.507 e. The van der Waals surface area contributed by atoms with Gasteiger partial charge in [-0.15, -0.1) is 0 Å². The van der Waals surface area contributed by atoms with Crippen LogP contribution in [0.2, 0.25) is 0 Å². The summed E-state index contributed by atoms with van der Waals surface area (Å²) in [6.45, 7) is 2.28. The Morgan fingerprint density at radius 1 is 1.25 bits per heavy atom. The second-order valence-corrected chi connectivity index (χ2v) is 7.16. The zero-order valence-corrected chi connectivity index (χ0v) is 14.2. The molecule has 0 bridgehead atoms. The summed E-state index contributed by atoms with van der Waals surface area (Å²) >= 11 is 3.41. The second-order valence-electron chi connectivity index (χ2n) is 6.30. The number of hydrogen-bond donors (Lipinski definition) is 1. The maximum Gasteiger partial charge on any atom is 0.126 e. The average molecular weight is 339 g/mol. The maximum atomic E-state index is 9.56. The van der Waals surface area contributed by atoms with Gasteiger partial charge in [0.25, 0.3) is 0 Å². The molecule has 0 aromatic carbocycles. The van der Waals surface area contributed by atoms with Gasteiger partial charge in [0.2, 0.25) is 0 Å². The SMILES string of the molecule is CCCCC[C@H]1CC[C@H](C=C2C=C(Br)C(O)=CC2)CC1. The summed E-state index contributed by atoms with van der Waals surface area (Å²) in [7, 11) is 0. The van der Waals surface area contributed by atoms with Crippen molar-refractivity contribution in [1.82, 2.24) is 0 Å². The van der Waals surface area contributed by atoms with Gasteiger partial charge in [-0.1, -0.05) is 38.7 Å². The zero-order valence-electron chi connectivity index (χ0n) is 12.6. The first-order valence-electron chi connectivity index (χ1n) is 8.16. The van der Waals surface area contributed by atoms with Gasteiger partial charge >= 0.3 is 0 Å². The quantitative estimate of drug-likeness (QED) is 0.573. The minimum absolute atomic E-state index is 0.377. The van der Waals surface area contributed by atoms with Crippen LogP contribution in [0, 0.1) is 11.8 Å². The fraction of sp³-hybridized carbons (Fsp3) is 0.667. The van der Waals surface area contributed by atoms with Gasteiger partial charge in [0, 0.05) is 0 Å². The van der Waals surface area contributed by atoms with Crippen molar-refractivity contribution in [3.63, 3.8) is 0 Å². The number of aliphatic hydroxyl groups excluding tert-OH is 1. The molecule has 20 heavy (non-hydrogen) atoms. The molecule has 0 spiro atoms. The van der Waals surface area contributed by atoms with E-state index in [1.54, 1.807) is 0 Å². The molecule has 2 aliphatic rings. The third-order valence-corrected chi connectivity index (χ3v) is 5.28. The van der Waals surface area contributed by atoms with E-state index in [1.807, 2.05) is 6.08 Å². The van der Waals surface area contributed by atoms with E-state index in [0.29, 0.717) is 5.76 Å². The summed E-state index contributed by atoms with van der Waals surface area (Å²) < 4.78 is 0.822. The van der Waals surface area contributed by atoms with E-state index >= 15 is 0 Å². The van der Waals surface area contributed by atoms with Gasteiger partial charge in [0.05, 0.1) is 4.48 Å². The molecule has 0 heterocycles. The average Bonchev–Trinajstić information content (AvgIpc) is 2.45. The van der Waals surface area contributed by atoms with Crippen LogP contribution in [0.3, 0.4) is 0 Å². The first-order valence-corrected chi connectivity index (χ1v) is 8.95. The monoisotopic (exact) mass is 338 g/mol. The molecule has 0 unspecified atom stereocenters. The van der Waals surface area contributed by atoms with Crippen molar-refractivity contribution in [3.05, 3.63) is 34.0 Å². The van der Waals surface area contributed by atoms with E-state index in [0.717, 1.165) is 22.7 Å². The molecular weight excluding hydrogens is 312 g/mol. The molecule has 0 aromatic rings. The summed E-state index contributed by atoms with van der Waals surface area (Å²) in [6, 6.07) is 0. The first-order chi connectivity index (χ1) is 9.69. The van der Waals surface area contributed by atoms with Crippen molar-refractivity contribution in [2.75, 3.05) is 0 Å². The number of rotatable bonds is 5. The molecular formula is C18H27BrO. The van der Waals surface area contributed by atoms with Crippen LogP contribution in [0.4, 0.5) is 0 Å². The van der Waals surface area contributed by atoms with E-state index in [4.69, 9.17) is 0 Å². The highest BCUT2D eigenvalue weighted by molar-refractivity contribution is 9.11. The van der Waals surface area contributed by atoms with E-state index in [-0.39, 0.29) is 0 Å². The highest BCUT2D eigenvalue weighted by Gasteiger charge is 2.20. The third-order valence-electron chi connectivity index (χ3n) is 4.65. The molecule has 1 nitrogen and oxygen atoms in total. The van der Waals surface area contributed by atoms with Crippen molar-refractivity contribution < 1.29 is 5.11 Å². The molecule has 1 fully saturated rings. The molecule has 2 rings (SSSR count). The summed E-state index contributed by atoms with van der Waals surface area (Å²) in [6.07, 6.45) is 18.4. The Bertz CT molecular complexity index is 398. The molecule has 0 aliphatic heterocycles. The highest BCUT2D eigenvalue weighted by atomic mass is 79.9. The Morgan fingerprint density at radius 3 is 2.65 bits per heavy atom. The lowest BCUT2D eigenvalue weighted by molar-refractivity contribution is 0.289. The fourth-order valence-electron chi connectivity index (χ4n) is 3.35. The van der Waals surface area contributed by atoms with Crippen LogP contribution in [-0.4, -0.2) is 5.11 Å². The number of unbranched alkanes of at least 4 members (excludes halogenated alkanes) is 2. The summed E-state index contributed by atoms with van der Waals surface area (Å²) in [4.78, 5) is 0. The molecule has 2 aliphatic carbocycles. The molecule has 1 N–H and O–H groups in total. The molecule has 0 radical (unpaired) electrons. The van der Waals surface area contributed by atoms with Crippen LogP contribution in [0.1, 0.15) is 64.7 Å². The number of hydrogen-bond acceptors (Lipinski definition) is 1. The van der Waals surface area contributed by atoms with Gasteiger partial charge in [-0.25, -0.2) is 0 Å². The lowest BCUT2D eigenvalue weighted by Gasteiger charge is -2.27. The maximum absolute atomic E-state index is 9.56. The second kappa shape index (κ2) is 8.07. The van der Waals surface area contributed by atoms with Crippen LogP contribution < -0.4 is 0 Å². The van der Waals surface area contributed by atoms with Gasteiger partial charge in [-0.3, -0.25) is 0 Å². The lowest BCUT2D eigenvalue weighted by atomic mass is 9.79. The van der Waals surface area contributed by atoms with E-state index in [1.165, 1.54) is 56.9 Å². The van der Waals surface area contributed by atoms with Gasteiger partial charge in [-0.05, 0) is 77.6 Å². The van der Waals surface area contributed by atoms with Crippen molar-refractivity contribution >= 4 is 15.9 Å². The number of aliphatic hydroxyl groups is 1. The van der Waals surface area contributed by atoms with Crippen molar-refractivity contribution in [2.24, 2.45) is 11.8 Å². The smallest absolute Gasteiger partial charge is 0.126 e. The number of allylic oxidation sites excluding steroid dienone is 5. The first kappa shape index (κ1) is 15.9. The van der Waals surface area contributed by atoms with Crippen LogP contribution >= 0.6 is 15.9 Å². The Morgan fingerprint density at radius 2 is 2.00 bits per heavy atom. The van der Waals surface area contributed by atoms with Crippen LogP contribution in [0.5, 0.6) is 0 Å². The Labute approximate surface area is 132 Å². The predicted molar refractivity (Wildman–Crippen MR) is 90.0 cm³/mol. The minimum atomic E-state index is 0.377. The molecule has 0 atom stereocenters. The Kier molecular flexibility index (Phi) is 6.41. The zero-order chi connectivity index (χ0) is 14.4. The van der Waals surface area contributed by atoms with Gasteiger partial charge in [0.15, 0.2) is 0 Å². The molecule has 2 heteroatoms. The summed E-state index contributed by atoms with van der Waals surface area (Å²) in [5.41, 5.74) is 1.35. The van der Waals surface area contributed by atoms with Gasteiger partial charge in [0.1, 0.15) is 5.76 Å². The molecule has 112 valence electrons. The lowest BCUT2D eigenvalue weighted by Crippen LogP contribution is -2.13. The topological polar surface area (TPSA) is 20.2 Å². The molecule has 1 saturated carbocycles.